The van der Waals surface area contributed by atoms with Gasteiger partial charge in [-0.05, 0) is 25.5 Å². The molecule has 1 aromatic rings. The van der Waals surface area contributed by atoms with E-state index in [2.05, 4.69) is 41.2 Å². The fourth-order valence-electron chi connectivity index (χ4n) is 2.04. The van der Waals surface area contributed by atoms with Crippen LogP contribution in [0.5, 0.6) is 5.88 Å². The standard InChI is InChI=1S/C13H21N3O.ClH/c1-3-8-16(4-2)12-6-5-11-10-14-7-9-17-13(11)15-12;/h5-6,14H,3-4,7-10H2,1-2H3;1H. The van der Waals surface area contributed by atoms with Gasteiger partial charge in [0.25, 0.3) is 0 Å². The average molecular weight is 272 g/mol. The molecule has 5 heteroatoms. The van der Waals surface area contributed by atoms with Crippen LogP contribution in [0.3, 0.4) is 0 Å². The number of pyridine rings is 1. The highest BCUT2D eigenvalue weighted by Gasteiger charge is 2.12. The van der Waals surface area contributed by atoms with Crippen LogP contribution >= 0.6 is 12.4 Å². The molecule has 0 atom stereocenters. The van der Waals surface area contributed by atoms with Gasteiger partial charge in [-0.2, -0.15) is 4.98 Å². The SMILES string of the molecule is CCCN(CC)c1ccc2c(n1)OCCNC2.Cl. The topological polar surface area (TPSA) is 37.4 Å². The second-order valence-electron chi connectivity index (χ2n) is 4.24. The Bertz CT molecular complexity index is 373. The zero-order valence-corrected chi connectivity index (χ0v) is 11.9. The Balaban J connectivity index is 0.00000162. The Hall–Kier alpha value is -1.00. The highest BCUT2D eigenvalue weighted by Crippen LogP contribution is 2.22. The maximum atomic E-state index is 5.66. The van der Waals surface area contributed by atoms with Crippen LogP contribution in [0.4, 0.5) is 5.82 Å². The van der Waals surface area contributed by atoms with E-state index < -0.39 is 0 Å². The number of rotatable bonds is 4. The van der Waals surface area contributed by atoms with Gasteiger partial charge in [0, 0.05) is 31.7 Å². The molecule has 1 aromatic heterocycles. The van der Waals surface area contributed by atoms with E-state index in [1.54, 1.807) is 0 Å². The fraction of sp³-hybridized carbons (Fsp3) is 0.615. The molecule has 2 heterocycles. The summed E-state index contributed by atoms with van der Waals surface area (Å²) in [4.78, 5) is 6.91. The molecule has 0 amide bonds. The Morgan fingerprint density at radius 3 is 2.94 bits per heavy atom. The van der Waals surface area contributed by atoms with Crippen molar-refractivity contribution in [3.05, 3.63) is 17.7 Å². The molecule has 0 unspecified atom stereocenters. The second-order valence-corrected chi connectivity index (χ2v) is 4.24. The number of aromatic nitrogens is 1. The molecular formula is C13H22ClN3O. The quantitative estimate of drug-likeness (QED) is 0.911. The summed E-state index contributed by atoms with van der Waals surface area (Å²) >= 11 is 0. The number of ether oxygens (including phenoxy) is 1. The summed E-state index contributed by atoms with van der Waals surface area (Å²) in [5.41, 5.74) is 1.15. The molecule has 1 aliphatic rings. The predicted molar refractivity (Wildman–Crippen MR) is 76.9 cm³/mol. The molecule has 0 spiro atoms. The van der Waals surface area contributed by atoms with E-state index in [4.69, 9.17) is 4.74 Å². The van der Waals surface area contributed by atoms with Crippen LogP contribution in [-0.2, 0) is 6.54 Å². The maximum Gasteiger partial charge on any atom is 0.219 e. The van der Waals surface area contributed by atoms with Crippen molar-refractivity contribution in [1.82, 2.24) is 10.3 Å². The van der Waals surface area contributed by atoms with E-state index in [1.807, 2.05) is 0 Å². The molecule has 0 bridgehead atoms. The van der Waals surface area contributed by atoms with Crippen molar-refractivity contribution in [1.29, 1.82) is 0 Å². The fourth-order valence-corrected chi connectivity index (χ4v) is 2.04. The van der Waals surface area contributed by atoms with Crippen LogP contribution in [0.25, 0.3) is 0 Å². The molecule has 2 rings (SSSR count). The van der Waals surface area contributed by atoms with Gasteiger partial charge >= 0.3 is 0 Å². The van der Waals surface area contributed by atoms with Crippen LogP contribution < -0.4 is 15.0 Å². The van der Waals surface area contributed by atoms with Crippen LogP contribution in [0.15, 0.2) is 12.1 Å². The van der Waals surface area contributed by atoms with Crippen LogP contribution in [0, 0.1) is 0 Å². The van der Waals surface area contributed by atoms with E-state index in [-0.39, 0.29) is 12.4 Å². The van der Waals surface area contributed by atoms with Gasteiger partial charge in [-0.25, -0.2) is 0 Å². The summed E-state index contributed by atoms with van der Waals surface area (Å²) in [5, 5.41) is 3.31. The monoisotopic (exact) mass is 271 g/mol. The van der Waals surface area contributed by atoms with E-state index in [9.17, 15) is 0 Å². The Morgan fingerprint density at radius 2 is 2.22 bits per heavy atom. The molecule has 1 aliphatic heterocycles. The minimum atomic E-state index is 0. The number of hydrogen-bond donors (Lipinski definition) is 1. The highest BCUT2D eigenvalue weighted by atomic mass is 35.5. The van der Waals surface area contributed by atoms with Gasteiger partial charge in [0.2, 0.25) is 5.88 Å². The Morgan fingerprint density at radius 1 is 1.39 bits per heavy atom. The smallest absolute Gasteiger partial charge is 0.219 e. The highest BCUT2D eigenvalue weighted by molar-refractivity contribution is 5.85. The first-order chi connectivity index (χ1) is 8.35. The average Bonchev–Trinajstić information content (AvgIpc) is 2.60. The van der Waals surface area contributed by atoms with Crippen molar-refractivity contribution >= 4 is 18.2 Å². The molecule has 0 fully saturated rings. The van der Waals surface area contributed by atoms with Gasteiger partial charge < -0.3 is 15.0 Å². The summed E-state index contributed by atoms with van der Waals surface area (Å²) in [6.45, 7) is 8.81. The lowest BCUT2D eigenvalue weighted by Gasteiger charge is -2.22. The Kier molecular flexibility index (Phi) is 6.22. The van der Waals surface area contributed by atoms with E-state index in [0.717, 1.165) is 49.9 Å². The zero-order chi connectivity index (χ0) is 12.1. The third kappa shape index (κ3) is 3.50. The van der Waals surface area contributed by atoms with E-state index in [1.165, 1.54) is 0 Å². The molecule has 0 saturated heterocycles. The van der Waals surface area contributed by atoms with Gasteiger partial charge in [0.05, 0.1) is 0 Å². The first kappa shape index (κ1) is 15.1. The van der Waals surface area contributed by atoms with Crippen LogP contribution in [-0.4, -0.2) is 31.2 Å². The van der Waals surface area contributed by atoms with Gasteiger partial charge in [-0.1, -0.05) is 6.92 Å². The number of nitrogens with zero attached hydrogens (tertiary/aromatic N) is 2. The lowest BCUT2D eigenvalue weighted by molar-refractivity contribution is 0.314. The summed E-state index contributed by atoms with van der Waals surface area (Å²) in [5.74, 6) is 1.82. The Labute approximate surface area is 115 Å². The van der Waals surface area contributed by atoms with Gasteiger partial charge in [-0.3, -0.25) is 0 Å². The number of nitrogens with one attached hydrogen (secondary N) is 1. The van der Waals surface area contributed by atoms with Crippen LogP contribution in [0.2, 0.25) is 0 Å². The van der Waals surface area contributed by atoms with Gasteiger partial charge in [-0.15, -0.1) is 12.4 Å². The van der Waals surface area contributed by atoms with Crippen molar-refractivity contribution in [3.8, 4) is 5.88 Å². The molecule has 4 nitrogen and oxygen atoms in total. The second kappa shape index (κ2) is 7.44. The van der Waals surface area contributed by atoms with Crippen molar-refractivity contribution < 1.29 is 4.74 Å². The molecule has 1 N–H and O–H groups in total. The summed E-state index contributed by atoms with van der Waals surface area (Å²) < 4.78 is 5.66. The molecule has 0 radical (unpaired) electrons. The van der Waals surface area contributed by atoms with E-state index in [0.29, 0.717) is 6.61 Å². The van der Waals surface area contributed by atoms with Crippen molar-refractivity contribution in [3.63, 3.8) is 0 Å². The first-order valence-electron chi connectivity index (χ1n) is 6.43. The number of fused-ring (bicyclic) bond motifs is 1. The summed E-state index contributed by atoms with van der Waals surface area (Å²) in [7, 11) is 0. The van der Waals surface area contributed by atoms with Gasteiger partial charge in [0.1, 0.15) is 12.4 Å². The zero-order valence-electron chi connectivity index (χ0n) is 11.1. The normalized spacial score (nSPS) is 13.9. The van der Waals surface area contributed by atoms with Crippen molar-refractivity contribution in [2.24, 2.45) is 0 Å². The molecule has 102 valence electrons. The van der Waals surface area contributed by atoms with Gasteiger partial charge in [0.15, 0.2) is 0 Å². The maximum absolute atomic E-state index is 5.66. The summed E-state index contributed by atoms with van der Waals surface area (Å²) in [6, 6.07) is 4.21. The number of halogens is 1. The lowest BCUT2D eigenvalue weighted by Crippen LogP contribution is -2.24. The van der Waals surface area contributed by atoms with E-state index >= 15 is 0 Å². The third-order valence-corrected chi connectivity index (χ3v) is 2.96. The van der Waals surface area contributed by atoms with Crippen molar-refractivity contribution in [2.45, 2.75) is 26.8 Å². The number of anilines is 1. The minimum Gasteiger partial charge on any atom is -0.476 e. The lowest BCUT2D eigenvalue weighted by atomic mass is 10.2. The molecule has 0 saturated carbocycles. The molecular weight excluding hydrogens is 250 g/mol. The largest absolute Gasteiger partial charge is 0.476 e. The summed E-state index contributed by atoms with van der Waals surface area (Å²) in [6.07, 6.45) is 1.13. The molecule has 18 heavy (non-hydrogen) atoms. The first-order valence-corrected chi connectivity index (χ1v) is 6.43. The molecule has 0 aliphatic carbocycles. The molecule has 0 aromatic carbocycles. The predicted octanol–water partition coefficient (Wildman–Crippen LogP) is 2.22. The minimum absolute atomic E-state index is 0. The third-order valence-electron chi connectivity index (χ3n) is 2.96. The number of hydrogen-bond acceptors (Lipinski definition) is 4. The van der Waals surface area contributed by atoms with Crippen molar-refractivity contribution in [2.75, 3.05) is 31.1 Å². The van der Waals surface area contributed by atoms with Crippen LogP contribution in [0.1, 0.15) is 25.8 Å².